The van der Waals surface area contributed by atoms with Gasteiger partial charge in [-0.15, -0.1) is 0 Å². The van der Waals surface area contributed by atoms with E-state index in [1.807, 2.05) is 0 Å². The number of carbonyl (C=O) groups excluding carboxylic acids is 1. The molecule has 0 unspecified atom stereocenters. The molecular formula is C14H28BrNO. The number of halogens is 1. The lowest BCUT2D eigenvalue weighted by molar-refractivity contribution is -0.118. The second-order valence-electron chi connectivity index (χ2n) is 4.79. The summed E-state index contributed by atoms with van der Waals surface area (Å²) in [6, 6.07) is 0. The fourth-order valence-corrected chi connectivity index (χ4v) is 2.38. The number of nitrogens with two attached hydrogens (primary N) is 1. The Bertz CT molecular complexity index is 174. The maximum atomic E-state index is 10.5. The molecule has 0 aliphatic carbocycles. The van der Waals surface area contributed by atoms with Crippen molar-refractivity contribution in [3.8, 4) is 0 Å². The van der Waals surface area contributed by atoms with E-state index in [2.05, 4.69) is 15.9 Å². The van der Waals surface area contributed by atoms with Crippen LogP contribution in [0, 0.1) is 0 Å². The zero-order valence-corrected chi connectivity index (χ0v) is 12.6. The SMILES string of the molecule is NC(=O)CCCCCCCCCCCCCBr. The molecule has 0 rings (SSSR count). The maximum Gasteiger partial charge on any atom is 0.217 e. The van der Waals surface area contributed by atoms with Gasteiger partial charge < -0.3 is 5.73 Å². The molecule has 3 heteroatoms. The van der Waals surface area contributed by atoms with Crippen LogP contribution in [0.25, 0.3) is 0 Å². The Morgan fingerprint density at radius 2 is 1.06 bits per heavy atom. The van der Waals surface area contributed by atoms with Gasteiger partial charge in [0, 0.05) is 11.8 Å². The topological polar surface area (TPSA) is 43.1 Å². The molecule has 0 aromatic carbocycles. The van der Waals surface area contributed by atoms with Crippen LogP contribution in [0.4, 0.5) is 0 Å². The molecule has 0 aliphatic heterocycles. The monoisotopic (exact) mass is 305 g/mol. The molecule has 0 fully saturated rings. The van der Waals surface area contributed by atoms with Crippen molar-refractivity contribution >= 4 is 21.8 Å². The van der Waals surface area contributed by atoms with E-state index in [1.165, 1.54) is 57.8 Å². The lowest BCUT2D eigenvalue weighted by Crippen LogP contribution is -2.09. The lowest BCUT2D eigenvalue weighted by atomic mass is 10.1. The molecule has 0 spiro atoms. The van der Waals surface area contributed by atoms with Gasteiger partial charge in [-0.25, -0.2) is 0 Å². The molecule has 0 aromatic rings. The molecule has 0 atom stereocenters. The third kappa shape index (κ3) is 15.9. The number of amides is 1. The Balaban J connectivity index is 2.91. The predicted molar refractivity (Wildman–Crippen MR) is 78.4 cm³/mol. The second kappa shape index (κ2) is 14.0. The molecule has 2 nitrogen and oxygen atoms in total. The lowest BCUT2D eigenvalue weighted by Gasteiger charge is -2.02. The molecular weight excluding hydrogens is 278 g/mol. The summed E-state index contributed by atoms with van der Waals surface area (Å²) in [6.07, 6.45) is 14.9. The zero-order valence-electron chi connectivity index (χ0n) is 11.1. The summed E-state index contributed by atoms with van der Waals surface area (Å²) >= 11 is 3.45. The summed E-state index contributed by atoms with van der Waals surface area (Å²) in [5, 5.41) is 1.15. The first-order valence-electron chi connectivity index (χ1n) is 7.11. The highest BCUT2D eigenvalue weighted by Crippen LogP contribution is 2.12. The number of hydrogen-bond acceptors (Lipinski definition) is 1. The Labute approximate surface area is 115 Å². The van der Waals surface area contributed by atoms with Crippen molar-refractivity contribution in [3.63, 3.8) is 0 Å². The van der Waals surface area contributed by atoms with Crippen LogP contribution >= 0.6 is 15.9 Å². The molecule has 0 saturated heterocycles. The first-order valence-corrected chi connectivity index (χ1v) is 8.24. The van der Waals surface area contributed by atoms with E-state index in [0.717, 1.165) is 18.2 Å². The summed E-state index contributed by atoms with van der Waals surface area (Å²) in [7, 11) is 0. The van der Waals surface area contributed by atoms with Gasteiger partial charge in [0.1, 0.15) is 0 Å². The molecule has 1 amide bonds. The van der Waals surface area contributed by atoms with Crippen LogP contribution in [0.5, 0.6) is 0 Å². The van der Waals surface area contributed by atoms with Crippen molar-refractivity contribution < 1.29 is 4.79 Å². The van der Waals surface area contributed by atoms with Crippen molar-refractivity contribution in [2.75, 3.05) is 5.33 Å². The largest absolute Gasteiger partial charge is 0.370 e. The first-order chi connectivity index (χ1) is 8.27. The molecule has 0 bridgehead atoms. The van der Waals surface area contributed by atoms with Crippen LogP contribution in [-0.4, -0.2) is 11.2 Å². The maximum absolute atomic E-state index is 10.5. The smallest absolute Gasteiger partial charge is 0.217 e. The second-order valence-corrected chi connectivity index (χ2v) is 5.59. The first kappa shape index (κ1) is 16.9. The summed E-state index contributed by atoms with van der Waals surface area (Å²) < 4.78 is 0. The van der Waals surface area contributed by atoms with Gasteiger partial charge in [-0.3, -0.25) is 4.79 Å². The summed E-state index contributed by atoms with van der Waals surface area (Å²) in [4.78, 5) is 10.5. The predicted octanol–water partition coefficient (Wildman–Crippen LogP) is 4.55. The van der Waals surface area contributed by atoms with E-state index in [4.69, 9.17) is 5.73 Å². The average Bonchev–Trinajstić information content (AvgIpc) is 2.30. The summed E-state index contributed by atoms with van der Waals surface area (Å²) in [5.74, 6) is -0.159. The van der Waals surface area contributed by atoms with Crippen LogP contribution in [0.15, 0.2) is 0 Å². The summed E-state index contributed by atoms with van der Waals surface area (Å²) in [5.41, 5.74) is 5.08. The van der Waals surface area contributed by atoms with Crippen LogP contribution < -0.4 is 5.73 Å². The normalized spacial score (nSPS) is 10.6. The van der Waals surface area contributed by atoms with Gasteiger partial charge in [0.05, 0.1) is 0 Å². The van der Waals surface area contributed by atoms with Crippen LogP contribution in [0.1, 0.15) is 77.0 Å². The van der Waals surface area contributed by atoms with E-state index in [0.29, 0.717) is 6.42 Å². The third-order valence-electron chi connectivity index (χ3n) is 3.06. The fourth-order valence-electron chi connectivity index (χ4n) is 1.98. The van der Waals surface area contributed by atoms with E-state index < -0.39 is 0 Å². The minimum absolute atomic E-state index is 0.159. The minimum atomic E-state index is -0.159. The molecule has 0 heterocycles. The van der Waals surface area contributed by atoms with Gasteiger partial charge in [0.2, 0.25) is 5.91 Å². The standard InChI is InChI=1S/C14H28BrNO/c15-13-11-9-7-5-3-1-2-4-6-8-10-12-14(16)17/h1-13H2,(H2,16,17). The van der Waals surface area contributed by atoms with Gasteiger partial charge in [-0.1, -0.05) is 73.7 Å². The molecule has 0 radical (unpaired) electrons. The minimum Gasteiger partial charge on any atom is -0.370 e. The number of carbonyl (C=O) groups is 1. The van der Waals surface area contributed by atoms with Crippen molar-refractivity contribution in [2.24, 2.45) is 5.73 Å². The Kier molecular flexibility index (Phi) is 14.0. The van der Waals surface area contributed by atoms with E-state index >= 15 is 0 Å². The highest BCUT2D eigenvalue weighted by Gasteiger charge is 1.95. The Morgan fingerprint density at radius 1 is 0.706 bits per heavy atom. The zero-order chi connectivity index (χ0) is 12.8. The van der Waals surface area contributed by atoms with Crippen molar-refractivity contribution in [1.29, 1.82) is 0 Å². The van der Waals surface area contributed by atoms with Crippen molar-refractivity contribution in [1.82, 2.24) is 0 Å². The average molecular weight is 306 g/mol. The highest BCUT2D eigenvalue weighted by molar-refractivity contribution is 9.09. The van der Waals surface area contributed by atoms with E-state index in [-0.39, 0.29) is 5.91 Å². The highest BCUT2D eigenvalue weighted by atomic mass is 79.9. The van der Waals surface area contributed by atoms with Crippen molar-refractivity contribution in [3.05, 3.63) is 0 Å². The Hall–Kier alpha value is -0.0500. The van der Waals surface area contributed by atoms with Crippen LogP contribution in [0.2, 0.25) is 0 Å². The number of hydrogen-bond donors (Lipinski definition) is 1. The molecule has 2 N–H and O–H groups in total. The fraction of sp³-hybridized carbons (Fsp3) is 0.929. The number of alkyl halides is 1. The Morgan fingerprint density at radius 3 is 1.41 bits per heavy atom. The molecule has 102 valence electrons. The third-order valence-corrected chi connectivity index (χ3v) is 3.62. The van der Waals surface area contributed by atoms with Gasteiger partial charge in [-0.05, 0) is 12.8 Å². The van der Waals surface area contributed by atoms with Gasteiger partial charge >= 0.3 is 0 Å². The number of unbranched alkanes of at least 4 members (excludes halogenated alkanes) is 10. The van der Waals surface area contributed by atoms with E-state index in [1.54, 1.807) is 0 Å². The van der Waals surface area contributed by atoms with Crippen molar-refractivity contribution in [2.45, 2.75) is 77.0 Å². The van der Waals surface area contributed by atoms with E-state index in [9.17, 15) is 4.79 Å². The number of rotatable bonds is 13. The quantitative estimate of drug-likeness (QED) is 0.394. The summed E-state index contributed by atoms with van der Waals surface area (Å²) in [6.45, 7) is 0. The van der Waals surface area contributed by atoms with Gasteiger partial charge in [0.15, 0.2) is 0 Å². The molecule has 17 heavy (non-hydrogen) atoms. The van der Waals surface area contributed by atoms with Gasteiger partial charge in [-0.2, -0.15) is 0 Å². The van der Waals surface area contributed by atoms with Crippen LogP contribution in [-0.2, 0) is 4.79 Å². The van der Waals surface area contributed by atoms with Gasteiger partial charge in [0.25, 0.3) is 0 Å². The molecule has 0 aliphatic rings. The molecule has 0 saturated carbocycles. The van der Waals surface area contributed by atoms with Crippen LogP contribution in [0.3, 0.4) is 0 Å². The number of primary amides is 1. The molecule has 0 aromatic heterocycles.